The Bertz CT molecular complexity index is 1280. The lowest BCUT2D eigenvalue weighted by atomic mass is 10.1. The Morgan fingerprint density at radius 3 is 1.89 bits per heavy atom. The second-order valence-corrected chi connectivity index (χ2v) is 8.48. The predicted molar refractivity (Wildman–Crippen MR) is 139 cm³/mol. The lowest BCUT2D eigenvalue weighted by molar-refractivity contribution is -0.137. The molecule has 0 aromatic heterocycles. The molecule has 0 radical (unpaired) electrons. The third-order valence-corrected chi connectivity index (χ3v) is 5.46. The summed E-state index contributed by atoms with van der Waals surface area (Å²) in [6, 6.07) is 17.0. The van der Waals surface area contributed by atoms with Crippen molar-refractivity contribution < 1.29 is 33.3 Å². The minimum atomic E-state index is -0.517. The highest BCUT2D eigenvalue weighted by Crippen LogP contribution is 2.24. The number of hydrogen-bond donors (Lipinski definition) is 0. The molecule has 0 amide bonds. The van der Waals surface area contributed by atoms with Gasteiger partial charge in [-0.15, -0.1) is 0 Å². The van der Waals surface area contributed by atoms with E-state index in [0.29, 0.717) is 60.0 Å². The van der Waals surface area contributed by atoms with Crippen LogP contribution in [0.4, 0.5) is 0 Å². The van der Waals surface area contributed by atoms with E-state index in [1.165, 1.54) is 0 Å². The van der Waals surface area contributed by atoms with Crippen LogP contribution >= 0.6 is 0 Å². The third-order valence-electron chi connectivity index (χ3n) is 5.46. The highest BCUT2D eigenvalue weighted by atomic mass is 16.5. The Kier molecular flexibility index (Phi) is 9.61. The first-order valence-electron chi connectivity index (χ1n) is 11.9. The molecule has 0 spiro atoms. The monoisotopic (exact) mass is 502 g/mol. The van der Waals surface area contributed by atoms with Gasteiger partial charge in [0, 0.05) is 6.08 Å². The molecular formula is C30H30O7. The molecule has 0 aliphatic carbocycles. The van der Waals surface area contributed by atoms with E-state index in [2.05, 4.69) is 6.58 Å². The maximum absolute atomic E-state index is 12.7. The number of aryl methyl sites for hydroxylation is 3. The lowest BCUT2D eigenvalue weighted by Crippen LogP contribution is -2.12. The van der Waals surface area contributed by atoms with Gasteiger partial charge in [-0.1, -0.05) is 24.3 Å². The van der Waals surface area contributed by atoms with E-state index in [1.54, 1.807) is 55.5 Å². The molecule has 0 unspecified atom stereocenters. The van der Waals surface area contributed by atoms with Gasteiger partial charge >= 0.3 is 17.9 Å². The van der Waals surface area contributed by atoms with E-state index in [4.69, 9.17) is 18.9 Å². The average Bonchev–Trinajstić information content (AvgIpc) is 2.89. The first-order valence-corrected chi connectivity index (χ1v) is 11.9. The Morgan fingerprint density at radius 1 is 0.730 bits per heavy atom. The number of ether oxygens (including phenoxy) is 4. The van der Waals surface area contributed by atoms with Crippen LogP contribution in [-0.2, 0) is 9.53 Å². The quantitative estimate of drug-likeness (QED) is 0.139. The molecule has 3 aromatic carbocycles. The van der Waals surface area contributed by atoms with Gasteiger partial charge in [0.1, 0.15) is 17.2 Å². The molecule has 0 N–H and O–H groups in total. The van der Waals surface area contributed by atoms with Gasteiger partial charge < -0.3 is 18.9 Å². The van der Waals surface area contributed by atoms with E-state index in [1.807, 2.05) is 26.0 Å². The molecule has 3 rings (SSSR count). The number of hydrogen-bond acceptors (Lipinski definition) is 7. The first kappa shape index (κ1) is 27.2. The van der Waals surface area contributed by atoms with Crippen molar-refractivity contribution in [3.05, 3.63) is 101 Å². The number of esters is 3. The normalized spacial score (nSPS) is 10.4. The van der Waals surface area contributed by atoms with Crippen molar-refractivity contribution in [2.24, 2.45) is 0 Å². The van der Waals surface area contributed by atoms with Crippen LogP contribution in [0.15, 0.2) is 73.3 Å². The number of unbranched alkanes of at least 4 members (excludes halogenated alkanes) is 1. The fourth-order valence-corrected chi connectivity index (χ4v) is 3.38. The maximum Gasteiger partial charge on any atom is 0.343 e. The van der Waals surface area contributed by atoms with Crippen LogP contribution < -0.4 is 14.2 Å². The fourth-order valence-electron chi connectivity index (χ4n) is 3.38. The Labute approximate surface area is 216 Å². The van der Waals surface area contributed by atoms with Crippen molar-refractivity contribution in [1.82, 2.24) is 0 Å². The summed E-state index contributed by atoms with van der Waals surface area (Å²) >= 11 is 0. The van der Waals surface area contributed by atoms with E-state index in [9.17, 15) is 14.4 Å². The number of rotatable bonds is 11. The molecule has 7 heteroatoms. The standard InChI is InChI=1S/C30H30O7/c1-5-28(31)35-17-7-6-16-34-26-14-10-24(18-21(26)3)30(33)37-27-15-11-23(19-22(27)4)29(32)36-25-12-8-20(2)9-13-25/h5,8-15,18-19H,1,6-7,16-17H2,2-4H3. The van der Waals surface area contributed by atoms with Crippen LogP contribution in [-0.4, -0.2) is 31.1 Å². The smallest absolute Gasteiger partial charge is 0.343 e. The van der Waals surface area contributed by atoms with Gasteiger partial charge in [0.05, 0.1) is 24.3 Å². The largest absolute Gasteiger partial charge is 0.493 e. The highest BCUT2D eigenvalue weighted by Gasteiger charge is 2.15. The van der Waals surface area contributed by atoms with Crippen molar-refractivity contribution in [2.75, 3.05) is 13.2 Å². The molecule has 0 heterocycles. The maximum atomic E-state index is 12.7. The van der Waals surface area contributed by atoms with Crippen LogP contribution in [0.5, 0.6) is 17.2 Å². The van der Waals surface area contributed by atoms with Crippen molar-refractivity contribution in [2.45, 2.75) is 33.6 Å². The topological polar surface area (TPSA) is 88.1 Å². The summed E-state index contributed by atoms with van der Waals surface area (Å²) in [6.07, 6.45) is 2.51. The Morgan fingerprint density at radius 2 is 1.30 bits per heavy atom. The zero-order chi connectivity index (χ0) is 26.8. The van der Waals surface area contributed by atoms with Crippen molar-refractivity contribution in [3.8, 4) is 17.2 Å². The van der Waals surface area contributed by atoms with Gasteiger partial charge in [-0.05, 0) is 93.3 Å². The molecular weight excluding hydrogens is 472 g/mol. The highest BCUT2D eigenvalue weighted by molar-refractivity contribution is 5.93. The van der Waals surface area contributed by atoms with Gasteiger partial charge in [0.25, 0.3) is 0 Å². The molecule has 37 heavy (non-hydrogen) atoms. The van der Waals surface area contributed by atoms with Crippen LogP contribution in [0.1, 0.15) is 50.2 Å². The molecule has 7 nitrogen and oxygen atoms in total. The van der Waals surface area contributed by atoms with Crippen molar-refractivity contribution in [1.29, 1.82) is 0 Å². The number of carbonyl (C=O) groups excluding carboxylic acids is 3. The fraction of sp³-hybridized carbons (Fsp3) is 0.233. The SMILES string of the molecule is C=CC(=O)OCCCCOc1ccc(C(=O)Oc2ccc(C(=O)Oc3ccc(C)cc3)cc2C)cc1C. The average molecular weight is 503 g/mol. The second-order valence-electron chi connectivity index (χ2n) is 8.48. The van der Waals surface area contributed by atoms with Gasteiger partial charge in [0.15, 0.2) is 0 Å². The summed E-state index contributed by atoms with van der Waals surface area (Å²) in [5.74, 6) is 0.0245. The van der Waals surface area contributed by atoms with Crippen LogP contribution in [0.2, 0.25) is 0 Å². The summed E-state index contributed by atoms with van der Waals surface area (Å²) in [5, 5.41) is 0. The van der Waals surface area contributed by atoms with Gasteiger partial charge in [0.2, 0.25) is 0 Å². The van der Waals surface area contributed by atoms with Crippen LogP contribution in [0, 0.1) is 20.8 Å². The van der Waals surface area contributed by atoms with E-state index >= 15 is 0 Å². The molecule has 0 saturated heterocycles. The second kappa shape index (κ2) is 13.1. The number of benzene rings is 3. The minimum absolute atomic E-state index is 0.312. The zero-order valence-electron chi connectivity index (χ0n) is 21.2. The van der Waals surface area contributed by atoms with Gasteiger partial charge in [-0.3, -0.25) is 0 Å². The van der Waals surface area contributed by atoms with Gasteiger partial charge in [-0.2, -0.15) is 0 Å². The molecule has 192 valence electrons. The number of carbonyl (C=O) groups is 3. The summed E-state index contributed by atoms with van der Waals surface area (Å²) in [4.78, 5) is 36.2. The van der Waals surface area contributed by atoms with E-state index in [-0.39, 0.29) is 0 Å². The third kappa shape index (κ3) is 8.07. The lowest BCUT2D eigenvalue weighted by Gasteiger charge is -2.12. The Hall–Kier alpha value is -4.39. The summed E-state index contributed by atoms with van der Waals surface area (Å²) < 4.78 is 21.7. The molecule has 0 aliphatic heterocycles. The van der Waals surface area contributed by atoms with E-state index in [0.717, 1.165) is 17.2 Å². The molecule has 0 saturated carbocycles. The Balaban J connectivity index is 1.54. The molecule has 0 aliphatic rings. The minimum Gasteiger partial charge on any atom is -0.493 e. The molecule has 0 atom stereocenters. The molecule has 3 aromatic rings. The van der Waals surface area contributed by atoms with Crippen molar-refractivity contribution in [3.63, 3.8) is 0 Å². The first-order chi connectivity index (χ1) is 17.8. The van der Waals surface area contributed by atoms with Gasteiger partial charge in [-0.25, -0.2) is 14.4 Å². The van der Waals surface area contributed by atoms with E-state index < -0.39 is 17.9 Å². The van der Waals surface area contributed by atoms with Crippen LogP contribution in [0.3, 0.4) is 0 Å². The predicted octanol–water partition coefficient (Wildman–Crippen LogP) is 5.94. The summed E-state index contributed by atoms with van der Waals surface area (Å²) in [7, 11) is 0. The zero-order valence-corrected chi connectivity index (χ0v) is 21.2. The molecule has 0 bridgehead atoms. The van der Waals surface area contributed by atoms with Crippen molar-refractivity contribution >= 4 is 17.9 Å². The van der Waals surface area contributed by atoms with Crippen LogP contribution in [0.25, 0.3) is 0 Å². The molecule has 0 fully saturated rings. The summed E-state index contributed by atoms with van der Waals surface area (Å²) in [6.45, 7) is 9.67. The summed E-state index contributed by atoms with van der Waals surface area (Å²) in [5.41, 5.74) is 3.22.